The summed E-state index contributed by atoms with van der Waals surface area (Å²) in [5.74, 6) is 0.947. The number of nitrogens with zero attached hydrogens (tertiary/aromatic N) is 1. The molecular formula is C9H17N3O. The van der Waals surface area contributed by atoms with Crippen LogP contribution in [0.2, 0.25) is 0 Å². The molecule has 1 aliphatic rings. The zero-order chi connectivity index (χ0) is 9.52. The van der Waals surface area contributed by atoms with E-state index in [0.29, 0.717) is 12.5 Å². The molecule has 0 amide bonds. The minimum Gasteiger partial charge on any atom is -0.409 e. The average molecular weight is 183 g/mol. The summed E-state index contributed by atoms with van der Waals surface area (Å²) in [5.41, 5.74) is 5.31. The van der Waals surface area contributed by atoms with Crippen LogP contribution in [0.25, 0.3) is 0 Å². The van der Waals surface area contributed by atoms with Crippen LogP contribution in [0.1, 0.15) is 19.3 Å². The highest BCUT2D eigenvalue weighted by atomic mass is 16.4. The number of hydrogen-bond donors (Lipinski definition) is 3. The number of nitrogens with one attached hydrogen (secondary N) is 1. The Kier molecular flexibility index (Phi) is 4.32. The van der Waals surface area contributed by atoms with Gasteiger partial charge in [-0.1, -0.05) is 17.3 Å². The lowest BCUT2D eigenvalue weighted by molar-refractivity contribution is 0.316. The summed E-state index contributed by atoms with van der Waals surface area (Å²) in [6.07, 6.45) is 8.00. The molecule has 0 aromatic heterocycles. The standard InChI is InChI=1S/C9H17N3O/c10-9(12-13)7-11-6-8-4-2-1-3-5-8/h1-2,8,11,13H,3-7H2,(H2,10,12). The van der Waals surface area contributed by atoms with E-state index in [1.54, 1.807) is 0 Å². The summed E-state index contributed by atoms with van der Waals surface area (Å²) in [6.45, 7) is 1.41. The Hall–Kier alpha value is -1.03. The molecule has 0 spiro atoms. The second-order valence-electron chi connectivity index (χ2n) is 3.37. The van der Waals surface area contributed by atoms with E-state index < -0.39 is 0 Å². The first-order valence-corrected chi connectivity index (χ1v) is 4.65. The van der Waals surface area contributed by atoms with Crippen molar-refractivity contribution in [3.05, 3.63) is 12.2 Å². The van der Waals surface area contributed by atoms with E-state index in [0.717, 1.165) is 13.0 Å². The summed E-state index contributed by atoms with van der Waals surface area (Å²) < 4.78 is 0. The molecule has 74 valence electrons. The van der Waals surface area contributed by atoms with Crippen molar-refractivity contribution in [2.75, 3.05) is 13.1 Å². The molecular weight excluding hydrogens is 166 g/mol. The topological polar surface area (TPSA) is 70.6 Å². The number of oxime groups is 1. The van der Waals surface area contributed by atoms with Gasteiger partial charge in [0.05, 0.1) is 6.54 Å². The van der Waals surface area contributed by atoms with Crippen molar-refractivity contribution in [2.24, 2.45) is 16.8 Å². The first-order chi connectivity index (χ1) is 6.33. The third-order valence-corrected chi connectivity index (χ3v) is 2.25. The third-order valence-electron chi connectivity index (χ3n) is 2.25. The predicted octanol–water partition coefficient (Wildman–Crippen LogP) is 0.679. The number of nitrogens with two attached hydrogens (primary N) is 1. The summed E-state index contributed by atoms with van der Waals surface area (Å²) in [6, 6.07) is 0. The highest BCUT2D eigenvalue weighted by molar-refractivity contribution is 5.81. The second kappa shape index (κ2) is 5.59. The van der Waals surface area contributed by atoms with Crippen LogP contribution in [-0.4, -0.2) is 24.1 Å². The zero-order valence-electron chi connectivity index (χ0n) is 7.74. The Bertz CT molecular complexity index is 201. The molecule has 0 radical (unpaired) electrons. The molecule has 0 saturated heterocycles. The van der Waals surface area contributed by atoms with Crippen LogP contribution >= 0.6 is 0 Å². The molecule has 1 rings (SSSR count). The Balaban J connectivity index is 2.08. The lowest BCUT2D eigenvalue weighted by Gasteiger charge is -2.17. The first kappa shape index (κ1) is 10.1. The average Bonchev–Trinajstić information content (AvgIpc) is 2.19. The van der Waals surface area contributed by atoms with Gasteiger partial charge in [-0.2, -0.15) is 0 Å². The predicted molar refractivity (Wildman–Crippen MR) is 52.8 cm³/mol. The van der Waals surface area contributed by atoms with E-state index >= 15 is 0 Å². The number of amidine groups is 1. The van der Waals surface area contributed by atoms with E-state index in [9.17, 15) is 0 Å². The summed E-state index contributed by atoms with van der Waals surface area (Å²) in [4.78, 5) is 0. The van der Waals surface area contributed by atoms with Crippen molar-refractivity contribution >= 4 is 5.84 Å². The van der Waals surface area contributed by atoms with Crippen LogP contribution in [0.3, 0.4) is 0 Å². The van der Waals surface area contributed by atoms with E-state index in [1.165, 1.54) is 12.8 Å². The van der Waals surface area contributed by atoms with E-state index in [1.807, 2.05) is 0 Å². The van der Waals surface area contributed by atoms with Crippen LogP contribution in [0.4, 0.5) is 0 Å². The molecule has 4 heteroatoms. The molecule has 1 unspecified atom stereocenters. The van der Waals surface area contributed by atoms with E-state index in [2.05, 4.69) is 22.6 Å². The molecule has 0 heterocycles. The summed E-state index contributed by atoms with van der Waals surface area (Å²) >= 11 is 0. The molecule has 4 N–H and O–H groups in total. The van der Waals surface area contributed by atoms with Gasteiger partial charge in [0.15, 0.2) is 5.84 Å². The molecule has 13 heavy (non-hydrogen) atoms. The van der Waals surface area contributed by atoms with Gasteiger partial charge in [-0.15, -0.1) is 0 Å². The van der Waals surface area contributed by atoms with Gasteiger partial charge in [0.1, 0.15) is 0 Å². The fourth-order valence-electron chi connectivity index (χ4n) is 1.48. The molecule has 0 aromatic rings. The minimum atomic E-state index is 0.242. The quantitative estimate of drug-likeness (QED) is 0.197. The highest BCUT2D eigenvalue weighted by Crippen LogP contribution is 2.16. The lowest BCUT2D eigenvalue weighted by atomic mass is 9.94. The van der Waals surface area contributed by atoms with Crippen molar-refractivity contribution in [3.63, 3.8) is 0 Å². The Morgan fingerprint density at radius 3 is 3.08 bits per heavy atom. The zero-order valence-corrected chi connectivity index (χ0v) is 7.74. The van der Waals surface area contributed by atoms with Gasteiger partial charge in [0, 0.05) is 0 Å². The molecule has 0 bridgehead atoms. The van der Waals surface area contributed by atoms with Gasteiger partial charge >= 0.3 is 0 Å². The number of hydrogen-bond acceptors (Lipinski definition) is 3. The van der Waals surface area contributed by atoms with Crippen LogP contribution in [-0.2, 0) is 0 Å². The van der Waals surface area contributed by atoms with Crippen molar-refractivity contribution in [2.45, 2.75) is 19.3 Å². The van der Waals surface area contributed by atoms with Crippen LogP contribution in [0.5, 0.6) is 0 Å². The first-order valence-electron chi connectivity index (χ1n) is 4.65. The lowest BCUT2D eigenvalue weighted by Crippen LogP contribution is -2.32. The fourth-order valence-corrected chi connectivity index (χ4v) is 1.48. The van der Waals surface area contributed by atoms with Crippen molar-refractivity contribution < 1.29 is 5.21 Å². The number of allylic oxidation sites excluding steroid dienone is 2. The largest absolute Gasteiger partial charge is 0.409 e. The Labute approximate surface area is 78.5 Å². The van der Waals surface area contributed by atoms with Gasteiger partial charge in [-0.25, -0.2) is 0 Å². The molecule has 0 aliphatic heterocycles. The fraction of sp³-hybridized carbons (Fsp3) is 0.667. The van der Waals surface area contributed by atoms with Crippen LogP contribution in [0, 0.1) is 5.92 Å². The van der Waals surface area contributed by atoms with Gasteiger partial charge in [0.2, 0.25) is 0 Å². The Morgan fingerprint density at radius 1 is 1.62 bits per heavy atom. The second-order valence-corrected chi connectivity index (χ2v) is 3.37. The van der Waals surface area contributed by atoms with Gasteiger partial charge in [-0.3, -0.25) is 0 Å². The highest BCUT2D eigenvalue weighted by Gasteiger charge is 2.08. The molecule has 1 atom stereocenters. The van der Waals surface area contributed by atoms with Gasteiger partial charge < -0.3 is 16.3 Å². The molecule has 1 aliphatic carbocycles. The van der Waals surface area contributed by atoms with Gasteiger partial charge in [0.25, 0.3) is 0 Å². The van der Waals surface area contributed by atoms with E-state index in [-0.39, 0.29) is 5.84 Å². The van der Waals surface area contributed by atoms with Crippen LogP contribution in [0.15, 0.2) is 17.3 Å². The van der Waals surface area contributed by atoms with Crippen molar-refractivity contribution in [1.82, 2.24) is 5.32 Å². The maximum Gasteiger partial charge on any atom is 0.153 e. The monoisotopic (exact) mass is 183 g/mol. The summed E-state index contributed by atoms with van der Waals surface area (Å²) in [7, 11) is 0. The Morgan fingerprint density at radius 2 is 2.46 bits per heavy atom. The molecule has 0 fully saturated rings. The molecule has 0 aromatic carbocycles. The van der Waals surface area contributed by atoms with Crippen molar-refractivity contribution in [1.29, 1.82) is 0 Å². The number of rotatable bonds is 4. The molecule has 0 saturated carbocycles. The third kappa shape index (κ3) is 3.94. The maximum atomic E-state index is 8.28. The van der Waals surface area contributed by atoms with Crippen molar-refractivity contribution in [3.8, 4) is 0 Å². The SMILES string of the molecule is NC(CNCC1CC=CCC1)=NO. The van der Waals surface area contributed by atoms with Gasteiger partial charge in [-0.05, 0) is 31.7 Å². The smallest absolute Gasteiger partial charge is 0.153 e. The maximum absolute atomic E-state index is 8.28. The normalized spacial score (nSPS) is 23.4. The summed E-state index contributed by atoms with van der Waals surface area (Å²) in [5, 5.41) is 14.3. The van der Waals surface area contributed by atoms with Crippen LogP contribution < -0.4 is 11.1 Å². The molecule has 4 nitrogen and oxygen atoms in total. The van der Waals surface area contributed by atoms with E-state index in [4.69, 9.17) is 10.9 Å². The minimum absolute atomic E-state index is 0.242.